The van der Waals surface area contributed by atoms with Crippen molar-refractivity contribution in [1.29, 1.82) is 0 Å². The summed E-state index contributed by atoms with van der Waals surface area (Å²) in [4.78, 5) is 23.9. The average molecular weight is 382 g/mol. The Morgan fingerprint density at radius 1 is 1.19 bits per heavy atom. The minimum Gasteiger partial charge on any atom is -0.480 e. The molecule has 0 bridgehead atoms. The van der Waals surface area contributed by atoms with E-state index >= 15 is 0 Å². The zero-order valence-corrected chi connectivity index (χ0v) is 15.8. The van der Waals surface area contributed by atoms with Crippen molar-refractivity contribution >= 4 is 21.9 Å². The molecule has 1 aliphatic heterocycles. The Kier molecular flexibility index (Phi) is 7.16. The number of unbranched alkanes of at least 4 members (excludes halogenated alkanes) is 1. The second kappa shape index (κ2) is 9.14. The summed E-state index contributed by atoms with van der Waals surface area (Å²) in [6, 6.07) is 4.94. The average Bonchev–Trinajstić information content (AvgIpc) is 2.65. The lowest BCUT2D eigenvalue weighted by atomic mass is 10.1. The van der Waals surface area contributed by atoms with Crippen LogP contribution in [0.4, 0.5) is 0 Å². The number of nitrogens with zero attached hydrogens (tertiary/aromatic N) is 1. The highest BCUT2D eigenvalue weighted by molar-refractivity contribution is 7.89. The van der Waals surface area contributed by atoms with Gasteiger partial charge >= 0.3 is 5.97 Å². The van der Waals surface area contributed by atoms with E-state index in [1.54, 1.807) is 12.1 Å². The highest BCUT2D eigenvalue weighted by Crippen LogP contribution is 2.23. The van der Waals surface area contributed by atoms with Gasteiger partial charge in [0, 0.05) is 13.1 Å². The standard InChI is InChI=1S/C18H26N2O5S/c1-2-3-10-15(18(22)23)19-17(21)14-9-5-6-11-16(14)26(24,25)20-12-7-4-8-13-20/h5-6,9,11,15H,2-4,7-8,10,12-13H2,1H3,(H,19,21)(H,22,23). The van der Waals surface area contributed by atoms with Crippen LogP contribution in [-0.2, 0) is 14.8 Å². The molecule has 0 spiro atoms. The minimum atomic E-state index is -3.79. The number of hydrogen-bond donors (Lipinski definition) is 2. The second-order valence-corrected chi connectivity index (χ2v) is 8.37. The first-order chi connectivity index (χ1) is 12.4. The summed E-state index contributed by atoms with van der Waals surface area (Å²) in [7, 11) is -3.79. The number of carbonyl (C=O) groups is 2. The molecule has 1 aromatic carbocycles. The van der Waals surface area contributed by atoms with E-state index in [1.165, 1.54) is 16.4 Å². The molecule has 1 aliphatic rings. The maximum absolute atomic E-state index is 12.9. The van der Waals surface area contributed by atoms with Crippen LogP contribution in [0.5, 0.6) is 0 Å². The Labute approximate surface area is 154 Å². The molecule has 0 radical (unpaired) electrons. The maximum Gasteiger partial charge on any atom is 0.326 e. The highest BCUT2D eigenvalue weighted by Gasteiger charge is 2.30. The van der Waals surface area contributed by atoms with Gasteiger partial charge in [0.1, 0.15) is 6.04 Å². The van der Waals surface area contributed by atoms with E-state index in [9.17, 15) is 23.1 Å². The van der Waals surface area contributed by atoms with Gasteiger partial charge in [0.15, 0.2) is 0 Å². The van der Waals surface area contributed by atoms with Crippen molar-refractivity contribution in [3.05, 3.63) is 29.8 Å². The monoisotopic (exact) mass is 382 g/mol. The van der Waals surface area contributed by atoms with Gasteiger partial charge in [-0.2, -0.15) is 4.31 Å². The van der Waals surface area contributed by atoms with Gasteiger partial charge in [0.2, 0.25) is 10.0 Å². The van der Waals surface area contributed by atoms with Crippen molar-refractivity contribution in [2.24, 2.45) is 0 Å². The molecule has 0 saturated carbocycles. The van der Waals surface area contributed by atoms with Crippen LogP contribution in [0.25, 0.3) is 0 Å². The fraction of sp³-hybridized carbons (Fsp3) is 0.556. The van der Waals surface area contributed by atoms with E-state index in [0.29, 0.717) is 25.9 Å². The fourth-order valence-electron chi connectivity index (χ4n) is 3.03. The molecule has 2 N–H and O–H groups in total. The lowest BCUT2D eigenvalue weighted by Crippen LogP contribution is -2.42. The quantitative estimate of drug-likeness (QED) is 0.717. The largest absolute Gasteiger partial charge is 0.480 e. The Balaban J connectivity index is 2.27. The van der Waals surface area contributed by atoms with E-state index in [4.69, 9.17) is 0 Å². The number of sulfonamides is 1. The van der Waals surface area contributed by atoms with Crippen molar-refractivity contribution in [3.63, 3.8) is 0 Å². The zero-order valence-electron chi connectivity index (χ0n) is 15.0. The molecule has 1 atom stereocenters. The Hall–Kier alpha value is -1.93. The second-order valence-electron chi connectivity index (χ2n) is 6.47. The first-order valence-electron chi connectivity index (χ1n) is 9.00. The van der Waals surface area contributed by atoms with Crippen molar-refractivity contribution < 1.29 is 23.1 Å². The van der Waals surface area contributed by atoms with Crippen LogP contribution >= 0.6 is 0 Å². The molecule has 26 heavy (non-hydrogen) atoms. The van der Waals surface area contributed by atoms with Gasteiger partial charge in [-0.1, -0.05) is 38.3 Å². The molecule has 0 aromatic heterocycles. The normalized spacial score (nSPS) is 16.8. The molecule has 1 unspecified atom stereocenters. The topological polar surface area (TPSA) is 104 Å². The Morgan fingerprint density at radius 3 is 2.46 bits per heavy atom. The number of benzene rings is 1. The molecule has 1 amide bonds. The third-order valence-electron chi connectivity index (χ3n) is 4.51. The first kappa shape index (κ1) is 20.4. The molecule has 1 fully saturated rings. The third-order valence-corrected chi connectivity index (χ3v) is 6.47. The van der Waals surface area contributed by atoms with Crippen LogP contribution in [0.1, 0.15) is 55.8 Å². The summed E-state index contributed by atoms with van der Waals surface area (Å²) in [6.45, 7) is 2.81. The van der Waals surface area contributed by atoms with Gasteiger partial charge in [-0.05, 0) is 31.4 Å². The van der Waals surface area contributed by atoms with Gasteiger partial charge in [-0.25, -0.2) is 13.2 Å². The summed E-state index contributed by atoms with van der Waals surface area (Å²) in [5, 5.41) is 11.7. The number of amides is 1. The third kappa shape index (κ3) is 4.82. The summed E-state index contributed by atoms with van der Waals surface area (Å²) in [5.74, 6) is -1.80. The maximum atomic E-state index is 12.9. The highest BCUT2D eigenvalue weighted by atomic mass is 32.2. The summed E-state index contributed by atoms with van der Waals surface area (Å²) in [6.07, 6.45) is 4.35. The number of carboxylic acids is 1. The van der Waals surface area contributed by atoms with E-state index in [0.717, 1.165) is 25.7 Å². The summed E-state index contributed by atoms with van der Waals surface area (Å²) < 4.78 is 27.3. The summed E-state index contributed by atoms with van der Waals surface area (Å²) >= 11 is 0. The molecule has 0 aliphatic carbocycles. The van der Waals surface area contributed by atoms with Crippen LogP contribution in [0.3, 0.4) is 0 Å². The minimum absolute atomic E-state index is 0.0131. The number of piperidine rings is 1. The van der Waals surface area contributed by atoms with Gasteiger partial charge < -0.3 is 10.4 Å². The smallest absolute Gasteiger partial charge is 0.326 e. The van der Waals surface area contributed by atoms with Crippen molar-refractivity contribution in [2.45, 2.75) is 56.4 Å². The molecular weight excluding hydrogens is 356 g/mol. The number of hydrogen-bond acceptors (Lipinski definition) is 4. The SMILES string of the molecule is CCCCC(NC(=O)c1ccccc1S(=O)(=O)N1CCCCC1)C(=O)O. The van der Waals surface area contributed by atoms with E-state index < -0.39 is 27.9 Å². The van der Waals surface area contributed by atoms with E-state index in [1.807, 2.05) is 6.92 Å². The van der Waals surface area contributed by atoms with Crippen molar-refractivity contribution in [3.8, 4) is 0 Å². The molecular formula is C18H26N2O5S. The van der Waals surface area contributed by atoms with Gasteiger partial charge in [0.25, 0.3) is 5.91 Å². The van der Waals surface area contributed by atoms with Crippen LogP contribution in [0.2, 0.25) is 0 Å². The van der Waals surface area contributed by atoms with E-state index in [2.05, 4.69) is 5.32 Å². The molecule has 1 heterocycles. The molecule has 1 saturated heterocycles. The number of rotatable bonds is 8. The number of nitrogens with one attached hydrogen (secondary N) is 1. The molecule has 144 valence electrons. The first-order valence-corrected chi connectivity index (χ1v) is 10.4. The van der Waals surface area contributed by atoms with Crippen LogP contribution in [0.15, 0.2) is 29.2 Å². The molecule has 8 heteroatoms. The summed E-state index contributed by atoms with van der Waals surface area (Å²) in [5.41, 5.74) is -0.0131. The van der Waals surface area contributed by atoms with Crippen LogP contribution in [-0.4, -0.2) is 48.8 Å². The number of aliphatic carboxylic acids is 1. The van der Waals surface area contributed by atoms with Crippen molar-refractivity contribution in [1.82, 2.24) is 9.62 Å². The zero-order chi connectivity index (χ0) is 19.2. The lowest BCUT2D eigenvalue weighted by molar-refractivity contribution is -0.139. The molecule has 7 nitrogen and oxygen atoms in total. The van der Waals surface area contributed by atoms with Crippen molar-refractivity contribution in [2.75, 3.05) is 13.1 Å². The van der Waals surface area contributed by atoms with Crippen LogP contribution < -0.4 is 5.32 Å². The van der Waals surface area contributed by atoms with Gasteiger partial charge in [0.05, 0.1) is 10.5 Å². The number of carboxylic acid groups (broad SMARTS) is 1. The number of carbonyl (C=O) groups excluding carboxylic acids is 1. The Morgan fingerprint density at radius 2 is 1.85 bits per heavy atom. The lowest BCUT2D eigenvalue weighted by Gasteiger charge is -2.26. The van der Waals surface area contributed by atoms with Gasteiger partial charge in [-0.15, -0.1) is 0 Å². The fourth-order valence-corrected chi connectivity index (χ4v) is 4.73. The molecule has 2 rings (SSSR count). The predicted octanol–water partition coefficient (Wildman–Crippen LogP) is 2.23. The molecule has 1 aromatic rings. The van der Waals surface area contributed by atoms with Gasteiger partial charge in [-0.3, -0.25) is 4.79 Å². The van der Waals surface area contributed by atoms with E-state index in [-0.39, 0.29) is 10.5 Å². The predicted molar refractivity (Wildman–Crippen MR) is 97.5 cm³/mol. The Bertz CT molecular complexity index is 742. The van der Waals surface area contributed by atoms with Crippen LogP contribution in [0, 0.1) is 0 Å².